The van der Waals surface area contributed by atoms with Crippen LogP contribution >= 0.6 is 0 Å². The van der Waals surface area contributed by atoms with E-state index in [2.05, 4.69) is 9.97 Å². The van der Waals surface area contributed by atoms with Crippen LogP contribution in [0.15, 0.2) is 21.7 Å². The van der Waals surface area contributed by atoms with Gasteiger partial charge in [-0.2, -0.15) is 4.98 Å². The third-order valence-electron chi connectivity index (χ3n) is 3.51. The van der Waals surface area contributed by atoms with Gasteiger partial charge in [0.25, 0.3) is 5.56 Å². The van der Waals surface area contributed by atoms with Crippen molar-refractivity contribution in [3.8, 4) is 11.5 Å². The van der Waals surface area contributed by atoms with Crippen LogP contribution in [0.3, 0.4) is 0 Å². The van der Waals surface area contributed by atoms with Crippen molar-refractivity contribution in [2.24, 2.45) is 0 Å². The molecule has 0 radical (unpaired) electrons. The Bertz CT molecular complexity index is 1000. The molecule has 112 valence electrons. The Balaban J connectivity index is 2.55. The normalized spacial score (nSPS) is 11.2. The van der Waals surface area contributed by atoms with E-state index < -0.39 is 23.8 Å². The monoisotopic (exact) mass is 299 g/mol. The zero-order chi connectivity index (χ0) is 16.0. The molecular formula is C14H11N4O4-. The van der Waals surface area contributed by atoms with E-state index in [1.165, 1.54) is 4.57 Å². The topological polar surface area (TPSA) is 121 Å². The number of aromatic nitrogens is 4. The van der Waals surface area contributed by atoms with Crippen molar-refractivity contribution in [1.82, 2.24) is 19.5 Å². The van der Waals surface area contributed by atoms with Gasteiger partial charge in [0.2, 0.25) is 0 Å². The van der Waals surface area contributed by atoms with Gasteiger partial charge in [-0.25, -0.2) is 9.78 Å². The number of aromatic amines is 1. The molecule has 1 aromatic rings. The van der Waals surface area contributed by atoms with Crippen molar-refractivity contribution in [1.29, 1.82) is 0 Å². The molecule has 0 saturated carbocycles. The molecule has 3 rings (SSSR count). The Hall–Kier alpha value is -3.03. The number of benzene rings is 1. The third-order valence-corrected chi connectivity index (χ3v) is 3.51. The maximum absolute atomic E-state index is 11.9. The third kappa shape index (κ3) is 2.14. The number of nitrogens with one attached hydrogen (secondary N) is 1. The van der Waals surface area contributed by atoms with Crippen LogP contribution in [0.5, 0.6) is 0 Å². The van der Waals surface area contributed by atoms with Crippen LogP contribution in [0, 0.1) is 13.8 Å². The quantitative estimate of drug-likeness (QED) is 0.603. The molecule has 1 aromatic carbocycles. The van der Waals surface area contributed by atoms with Crippen molar-refractivity contribution >= 4 is 17.0 Å². The summed E-state index contributed by atoms with van der Waals surface area (Å²) in [5.41, 5.74) is 1.14. The van der Waals surface area contributed by atoms with Gasteiger partial charge in [-0.1, -0.05) is 0 Å². The van der Waals surface area contributed by atoms with Crippen molar-refractivity contribution in [3.63, 3.8) is 0 Å². The van der Waals surface area contributed by atoms with Crippen molar-refractivity contribution < 1.29 is 9.90 Å². The second kappa shape index (κ2) is 4.76. The summed E-state index contributed by atoms with van der Waals surface area (Å²) < 4.78 is 1.26. The number of H-pyrrole nitrogens is 1. The lowest BCUT2D eigenvalue weighted by Gasteiger charge is -2.17. The summed E-state index contributed by atoms with van der Waals surface area (Å²) in [6, 6.07) is 3.49. The Labute approximate surface area is 123 Å². The average Bonchev–Trinajstić information content (AvgIpc) is 2.41. The first-order valence-electron chi connectivity index (χ1n) is 6.48. The highest BCUT2D eigenvalue weighted by molar-refractivity contribution is 5.82. The summed E-state index contributed by atoms with van der Waals surface area (Å²) in [5, 5.41) is 11.0. The van der Waals surface area contributed by atoms with Crippen LogP contribution in [0.25, 0.3) is 22.6 Å². The van der Waals surface area contributed by atoms with Gasteiger partial charge < -0.3 is 14.5 Å². The molecule has 0 atom stereocenters. The number of carboxylic acids is 1. The van der Waals surface area contributed by atoms with Gasteiger partial charge in [0.15, 0.2) is 11.5 Å². The van der Waals surface area contributed by atoms with Gasteiger partial charge in [0, 0.05) is 0 Å². The first-order valence-corrected chi connectivity index (χ1v) is 6.48. The van der Waals surface area contributed by atoms with E-state index in [0.29, 0.717) is 11.0 Å². The van der Waals surface area contributed by atoms with E-state index in [9.17, 15) is 19.5 Å². The number of rotatable bonds is 2. The number of hydrogen-bond donors (Lipinski definition) is 1. The highest BCUT2D eigenvalue weighted by Crippen LogP contribution is 2.23. The van der Waals surface area contributed by atoms with Crippen LogP contribution in [0.1, 0.15) is 11.1 Å². The Morgan fingerprint density at radius 1 is 1.23 bits per heavy atom. The smallest absolute Gasteiger partial charge is 0.349 e. The fourth-order valence-electron chi connectivity index (χ4n) is 2.34. The number of carbonyl (C=O) groups is 1. The van der Waals surface area contributed by atoms with E-state index in [-0.39, 0.29) is 11.5 Å². The van der Waals surface area contributed by atoms with E-state index in [4.69, 9.17) is 0 Å². The van der Waals surface area contributed by atoms with Gasteiger partial charge in [-0.3, -0.25) is 9.78 Å². The van der Waals surface area contributed by atoms with Crippen molar-refractivity contribution in [2.75, 3.05) is 0 Å². The summed E-state index contributed by atoms with van der Waals surface area (Å²) in [7, 11) is 0. The second-order valence-electron chi connectivity index (χ2n) is 5.04. The maximum Gasteiger partial charge on any atom is 0.349 e. The van der Waals surface area contributed by atoms with Gasteiger partial charge in [0.05, 0.1) is 23.5 Å². The highest BCUT2D eigenvalue weighted by atomic mass is 16.4. The molecule has 0 aromatic heterocycles. The number of aliphatic carboxylic acids is 1. The molecular weight excluding hydrogens is 288 g/mol. The molecule has 0 fully saturated rings. The summed E-state index contributed by atoms with van der Waals surface area (Å²) in [6.45, 7) is 3.22. The fraction of sp³-hybridized carbons (Fsp3) is 0.214. The molecule has 0 amide bonds. The Morgan fingerprint density at radius 3 is 2.59 bits per heavy atom. The number of aryl methyl sites for hydroxylation is 2. The predicted octanol–water partition coefficient (Wildman–Crippen LogP) is -1.05. The number of hydrogen-bond acceptors (Lipinski definition) is 6. The van der Waals surface area contributed by atoms with Crippen LogP contribution < -0.4 is 16.4 Å². The van der Waals surface area contributed by atoms with Gasteiger partial charge in [-0.15, -0.1) is 0 Å². The standard InChI is InChI=1S/C14H12N4O4/c1-6-3-8-9(4-7(6)2)18(5-10(19)20)12-11(15-8)13(21)17-14(22)16-12/h3-4H,5H2,1-2H3,(H,19,20)(H,17,21,22)/p-1. The minimum atomic E-state index is -1.36. The van der Waals surface area contributed by atoms with Crippen LogP contribution in [-0.4, -0.2) is 25.5 Å². The lowest BCUT2D eigenvalue weighted by Crippen LogP contribution is -2.33. The molecule has 0 bridgehead atoms. The fourth-order valence-corrected chi connectivity index (χ4v) is 2.34. The number of nitrogens with zero attached hydrogens (tertiary/aromatic N) is 3. The van der Waals surface area contributed by atoms with Crippen LogP contribution in [0.4, 0.5) is 0 Å². The average molecular weight is 299 g/mol. The molecule has 2 aliphatic rings. The van der Waals surface area contributed by atoms with Crippen molar-refractivity contribution in [3.05, 3.63) is 44.1 Å². The van der Waals surface area contributed by atoms with Crippen LogP contribution in [0.2, 0.25) is 0 Å². The maximum atomic E-state index is 11.9. The number of carboxylic acid groups (broad SMARTS) is 1. The van der Waals surface area contributed by atoms with E-state index >= 15 is 0 Å². The zero-order valence-corrected chi connectivity index (χ0v) is 11.8. The summed E-state index contributed by atoms with van der Waals surface area (Å²) in [6.07, 6.45) is 0. The molecule has 1 N–H and O–H groups in total. The van der Waals surface area contributed by atoms with Gasteiger partial charge in [-0.05, 0) is 37.1 Å². The molecule has 2 heterocycles. The summed E-state index contributed by atoms with van der Waals surface area (Å²) in [4.78, 5) is 44.3. The number of fused-ring (bicyclic) bond motifs is 2. The Kier molecular flexibility index (Phi) is 3.01. The highest BCUT2D eigenvalue weighted by Gasteiger charge is 2.19. The lowest BCUT2D eigenvalue weighted by atomic mass is 10.1. The van der Waals surface area contributed by atoms with Gasteiger partial charge >= 0.3 is 5.69 Å². The second-order valence-corrected chi connectivity index (χ2v) is 5.04. The molecule has 0 spiro atoms. The van der Waals surface area contributed by atoms with E-state index in [1.807, 2.05) is 18.8 Å². The van der Waals surface area contributed by atoms with E-state index in [1.54, 1.807) is 12.1 Å². The molecule has 2 aliphatic heterocycles. The van der Waals surface area contributed by atoms with Gasteiger partial charge in [0.1, 0.15) is 0 Å². The molecule has 0 aliphatic carbocycles. The molecule has 8 nitrogen and oxygen atoms in total. The molecule has 8 heteroatoms. The summed E-state index contributed by atoms with van der Waals surface area (Å²) >= 11 is 0. The molecule has 22 heavy (non-hydrogen) atoms. The minimum Gasteiger partial charge on any atom is -0.548 e. The van der Waals surface area contributed by atoms with E-state index in [0.717, 1.165) is 11.1 Å². The molecule has 0 unspecified atom stereocenters. The zero-order valence-electron chi connectivity index (χ0n) is 11.8. The first kappa shape index (κ1) is 13.9. The Morgan fingerprint density at radius 2 is 1.91 bits per heavy atom. The SMILES string of the molecule is Cc1cc2nc3c(=O)[nH]c(=O)nc-3n(CC(=O)[O-])c2cc1C. The number of carbonyl (C=O) groups excluding carboxylic acids is 1. The predicted molar refractivity (Wildman–Crippen MR) is 75.5 cm³/mol. The van der Waals surface area contributed by atoms with Crippen LogP contribution in [-0.2, 0) is 11.3 Å². The van der Waals surface area contributed by atoms with Crippen molar-refractivity contribution in [2.45, 2.75) is 20.4 Å². The lowest BCUT2D eigenvalue weighted by molar-refractivity contribution is -0.306. The minimum absolute atomic E-state index is 0.0753. The summed E-state index contributed by atoms with van der Waals surface area (Å²) in [5.74, 6) is -1.43. The molecule has 0 saturated heterocycles. The first-order chi connectivity index (χ1) is 10.4. The largest absolute Gasteiger partial charge is 0.548 e.